The van der Waals surface area contributed by atoms with Gasteiger partial charge in [0, 0.05) is 44.0 Å². The van der Waals surface area contributed by atoms with Gasteiger partial charge in [-0.1, -0.05) is 52.4 Å². The summed E-state index contributed by atoms with van der Waals surface area (Å²) < 4.78 is 2.13. The molecular formula is C28H49Cl2N5O2. The number of carbonyl (C=O) groups is 2. The van der Waals surface area contributed by atoms with Gasteiger partial charge in [-0.3, -0.25) is 19.2 Å². The molecule has 3 fully saturated rings. The van der Waals surface area contributed by atoms with Crippen LogP contribution in [0.15, 0.2) is 0 Å². The van der Waals surface area contributed by atoms with E-state index in [-0.39, 0.29) is 42.7 Å². The Morgan fingerprint density at radius 2 is 1.65 bits per heavy atom. The maximum Gasteiger partial charge on any atom is 0.246 e. The lowest BCUT2D eigenvalue weighted by atomic mass is 9.79. The van der Waals surface area contributed by atoms with E-state index in [1.54, 1.807) is 0 Å². The summed E-state index contributed by atoms with van der Waals surface area (Å²) in [4.78, 5) is 31.8. The lowest BCUT2D eigenvalue weighted by Crippen LogP contribution is -2.73. The van der Waals surface area contributed by atoms with E-state index in [9.17, 15) is 9.59 Å². The van der Waals surface area contributed by atoms with Crippen LogP contribution in [0.1, 0.15) is 101 Å². The number of nitrogens with one attached hydrogen (secondary N) is 1. The molecule has 4 rings (SSSR count). The number of halogens is 2. The molecule has 2 amide bonds. The van der Waals surface area contributed by atoms with Crippen molar-refractivity contribution in [1.29, 1.82) is 0 Å². The minimum absolute atomic E-state index is 0. The summed E-state index contributed by atoms with van der Waals surface area (Å²) in [7, 11) is 0. The van der Waals surface area contributed by atoms with E-state index in [2.05, 4.69) is 42.6 Å². The fraction of sp³-hybridized carbons (Fsp3) is 0.821. The molecule has 0 unspecified atom stereocenters. The number of aryl methyl sites for hydroxylation is 2. The monoisotopic (exact) mass is 557 g/mol. The second-order valence-corrected chi connectivity index (χ2v) is 11.3. The highest BCUT2D eigenvalue weighted by Crippen LogP contribution is 2.36. The molecule has 2 aliphatic heterocycles. The van der Waals surface area contributed by atoms with E-state index < -0.39 is 5.54 Å². The molecule has 9 heteroatoms. The van der Waals surface area contributed by atoms with E-state index in [4.69, 9.17) is 5.10 Å². The van der Waals surface area contributed by atoms with Gasteiger partial charge in [0.2, 0.25) is 11.8 Å². The van der Waals surface area contributed by atoms with Crippen LogP contribution in [-0.4, -0.2) is 62.6 Å². The Kier molecular flexibility index (Phi) is 12.2. The molecule has 0 aromatic carbocycles. The molecule has 1 aliphatic carbocycles. The molecule has 1 aromatic heterocycles. The predicted octanol–water partition coefficient (Wildman–Crippen LogP) is 5.19. The molecule has 3 heterocycles. The van der Waals surface area contributed by atoms with Crippen molar-refractivity contribution in [3.8, 4) is 0 Å². The van der Waals surface area contributed by atoms with Crippen LogP contribution >= 0.6 is 24.8 Å². The summed E-state index contributed by atoms with van der Waals surface area (Å²) in [5, 5.41) is 7.96. The van der Waals surface area contributed by atoms with Gasteiger partial charge in [-0.15, -0.1) is 24.8 Å². The normalized spacial score (nSPS) is 22.5. The van der Waals surface area contributed by atoms with E-state index >= 15 is 0 Å². The molecule has 1 N–H and O–H groups in total. The topological polar surface area (TPSA) is 70.5 Å². The highest BCUT2D eigenvalue weighted by atomic mass is 35.5. The first-order valence-corrected chi connectivity index (χ1v) is 14.3. The fourth-order valence-corrected chi connectivity index (χ4v) is 6.63. The summed E-state index contributed by atoms with van der Waals surface area (Å²) >= 11 is 0. The molecule has 0 bridgehead atoms. The van der Waals surface area contributed by atoms with Crippen molar-refractivity contribution in [3.05, 3.63) is 17.0 Å². The van der Waals surface area contributed by atoms with Crippen molar-refractivity contribution in [2.45, 2.75) is 123 Å². The van der Waals surface area contributed by atoms with Crippen LogP contribution in [0.4, 0.5) is 0 Å². The first-order valence-electron chi connectivity index (χ1n) is 14.3. The summed E-state index contributed by atoms with van der Waals surface area (Å²) in [5.74, 6) is 0.836. The largest absolute Gasteiger partial charge is 0.342 e. The van der Waals surface area contributed by atoms with Gasteiger partial charge in [0.15, 0.2) is 0 Å². The number of nitrogens with zero attached hydrogens (tertiary/aromatic N) is 4. The highest BCUT2D eigenvalue weighted by molar-refractivity contribution is 6.00. The third-order valence-electron chi connectivity index (χ3n) is 8.87. The average molecular weight is 559 g/mol. The maximum absolute atomic E-state index is 13.7. The standard InChI is InChI=1S/C28H47N5O2.2ClH/c1-5-7-16-32-26(34)25(19-23-11-9-8-10-12-23)29-27(35)28(32)13-17-31(18-14-28)20-24-21(3)30-33(15-6-2)22(24)4;;/h23,25H,5-20H2,1-4H3,(H,29,35);2*1H/t25-;;/m0../s1. The van der Waals surface area contributed by atoms with Gasteiger partial charge >= 0.3 is 0 Å². The Morgan fingerprint density at radius 3 is 2.27 bits per heavy atom. The molecule has 1 atom stereocenters. The number of piperazine rings is 1. The van der Waals surface area contributed by atoms with E-state index in [1.165, 1.54) is 43.4 Å². The van der Waals surface area contributed by atoms with E-state index in [0.29, 0.717) is 25.3 Å². The van der Waals surface area contributed by atoms with Gasteiger partial charge in [-0.25, -0.2) is 0 Å². The minimum atomic E-state index is -0.678. The van der Waals surface area contributed by atoms with Crippen LogP contribution in [0.5, 0.6) is 0 Å². The minimum Gasteiger partial charge on any atom is -0.342 e. The number of piperidine rings is 1. The Balaban J connectivity index is 0.00000241. The summed E-state index contributed by atoms with van der Waals surface area (Å²) in [6.07, 6.45) is 11.5. The quantitative estimate of drug-likeness (QED) is 0.453. The van der Waals surface area contributed by atoms with E-state index in [0.717, 1.165) is 57.6 Å². The van der Waals surface area contributed by atoms with Gasteiger partial charge < -0.3 is 10.2 Å². The maximum atomic E-state index is 13.7. The van der Waals surface area contributed by atoms with Crippen LogP contribution in [0, 0.1) is 19.8 Å². The lowest BCUT2D eigenvalue weighted by Gasteiger charge is -2.52. The molecule has 1 saturated carbocycles. The van der Waals surface area contributed by atoms with Crippen LogP contribution in [0.2, 0.25) is 0 Å². The zero-order chi connectivity index (χ0) is 25.0. The molecule has 1 aromatic rings. The smallest absolute Gasteiger partial charge is 0.246 e. The molecule has 0 radical (unpaired) electrons. The first-order chi connectivity index (χ1) is 16.9. The van der Waals surface area contributed by atoms with Gasteiger partial charge in [-0.2, -0.15) is 5.10 Å². The van der Waals surface area contributed by atoms with Gasteiger partial charge in [0.1, 0.15) is 11.6 Å². The SMILES string of the molecule is CCCCN1C(=O)[C@H](CC2CCCCC2)NC(=O)C12CCN(Cc1c(C)nn(CCC)c1C)CC2.Cl.Cl. The Labute approximate surface area is 236 Å². The molecule has 212 valence electrons. The van der Waals surface area contributed by atoms with E-state index in [1.807, 2.05) is 4.90 Å². The first kappa shape index (κ1) is 31.9. The summed E-state index contributed by atoms with van der Waals surface area (Å²) in [6.45, 7) is 12.8. The predicted molar refractivity (Wildman–Crippen MR) is 153 cm³/mol. The lowest BCUT2D eigenvalue weighted by molar-refractivity contribution is -0.162. The van der Waals surface area contributed by atoms with Crippen LogP contribution < -0.4 is 5.32 Å². The van der Waals surface area contributed by atoms with Crippen LogP contribution in [-0.2, 0) is 22.7 Å². The zero-order valence-corrected chi connectivity index (χ0v) is 25.0. The second-order valence-electron chi connectivity index (χ2n) is 11.3. The molecular weight excluding hydrogens is 509 g/mol. The molecule has 3 aliphatic rings. The van der Waals surface area contributed by atoms with Crippen molar-refractivity contribution in [1.82, 2.24) is 24.9 Å². The third kappa shape index (κ3) is 6.83. The number of amides is 2. The van der Waals surface area contributed by atoms with Crippen molar-refractivity contribution < 1.29 is 9.59 Å². The zero-order valence-electron chi connectivity index (χ0n) is 23.4. The number of hydrogen-bond donors (Lipinski definition) is 1. The number of likely N-dealkylation sites (tertiary alicyclic amines) is 1. The summed E-state index contributed by atoms with van der Waals surface area (Å²) in [5.41, 5.74) is 3.00. The molecule has 2 saturated heterocycles. The van der Waals surface area contributed by atoms with Gasteiger partial charge in [-0.05, 0) is 51.9 Å². The van der Waals surface area contributed by atoms with Crippen molar-refractivity contribution >= 4 is 36.6 Å². The Hall–Kier alpha value is -1.31. The van der Waals surface area contributed by atoms with Crippen molar-refractivity contribution in [2.75, 3.05) is 19.6 Å². The fourth-order valence-electron chi connectivity index (χ4n) is 6.63. The van der Waals surface area contributed by atoms with Crippen LogP contribution in [0.25, 0.3) is 0 Å². The average Bonchev–Trinajstić information content (AvgIpc) is 3.12. The number of carbonyl (C=O) groups excluding carboxylic acids is 2. The van der Waals surface area contributed by atoms with Gasteiger partial charge in [0.25, 0.3) is 0 Å². The molecule has 1 spiro atoms. The summed E-state index contributed by atoms with van der Waals surface area (Å²) in [6, 6.07) is -0.333. The highest BCUT2D eigenvalue weighted by Gasteiger charge is 2.53. The van der Waals surface area contributed by atoms with Crippen molar-refractivity contribution in [3.63, 3.8) is 0 Å². The number of rotatable bonds is 9. The second kappa shape index (κ2) is 14.2. The Bertz CT molecular complexity index is 891. The van der Waals surface area contributed by atoms with Crippen molar-refractivity contribution in [2.24, 2.45) is 5.92 Å². The Morgan fingerprint density at radius 1 is 0.973 bits per heavy atom. The van der Waals surface area contributed by atoms with Crippen LogP contribution in [0.3, 0.4) is 0 Å². The molecule has 7 nitrogen and oxygen atoms in total. The third-order valence-corrected chi connectivity index (χ3v) is 8.87. The molecule has 37 heavy (non-hydrogen) atoms. The van der Waals surface area contributed by atoms with Gasteiger partial charge in [0.05, 0.1) is 5.69 Å². The number of hydrogen-bond acceptors (Lipinski definition) is 4. The number of unbranched alkanes of at least 4 members (excludes halogenated alkanes) is 1. The number of aromatic nitrogens is 2.